The van der Waals surface area contributed by atoms with E-state index in [-0.39, 0.29) is 0 Å². The second-order valence-corrected chi connectivity index (χ2v) is 7.67. The predicted octanol–water partition coefficient (Wildman–Crippen LogP) is 3.80. The molecule has 8 heteroatoms. The van der Waals surface area contributed by atoms with Gasteiger partial charge >= 0.3 is 0 Å². The van der Waals surface area contributed by atoms with Crippen molar-refractivity contribution in [3.05, 3.63) is 66.2 Å². The standard InChI is InChI=1S/C23H28N8/c1-2-3-6-19(13-14-24)23-25-16-26-31(23)15-17-9-11-18(12-10-17)20-7-4-5-8-21(20)22-27-29-30-28-22/h4-5,7-12,16,19H,2-3,6,13-15,24H2,1H3,(H,27,28,29,30). The number of hydrogen-bond acceptors (Lipinski definition) is 6. The largest absolute Gasteiger partial charge is 0.330 e. The predicted molar refractivity (Wildman–Crippen MR) is 120 cm³/mol. The van der Waals surface area contributed by atoms with Crippen LogP contribution < -0.4 is 5.73 Å². The topological polar surface area (TPSA) is 111 Å². The number of aromatic amines is 1. The molecule has 0 aliphatic heterocycles. The maximum atomic E-state index is 5.86. The van der Waals surface area contributed by atoms with E-state index in [4.69, 9.17) is 5.73 Å². The molecule has 0 amide bonds. The Morgan fingerprint density at radius 2 is 1.84 bits per heavy atom. The van der Waals surface area contributed by atoms with Gasteiger partial charge in [0.1, 0.15) is 12.2 Å². The van der Waals surface area contributed by atoms with Gasteiger partial charge in [-0.25, -0.2) is 9.67 Å². The Morgan fingerprint density at radius 1 is 1.03 bits per heavy atom. The van der Waals surface area contributed by atoms with E-state index in [1.54, 1.807) is 6.33 Å². The maximum absolute atomic E-state index is 5.86. The van der Waals surface area contributed by atoms with Crippen molar-refractivity contribution in [3.63, 3.8) is 0 Å². The molecule has 4 rings (SSSR count). The van der Waals surface area contributed by atoms with Gasteiger partial charge < -0.3 is 5.73 Å². The lowest BCUT2D eigenvalue weighted by molar-refractivity contribution is 0.493. The monoisotopic (exact) mass is 416 g/mol. The number of nitrogens with two attached hydrogens (primary N) is 1. The molecule has 1 atom stereocenters. The summed E-state index contributed by atoms with van der Waals surface area (Å²) >= 11 is 0. The van der Waals surface area contributed by atoms with Gasteiger partial charge in [-0.2, -0.15) is 10.3 Å². The highest BCUT2D eigenvalue weighted by Crippen LogP contribution is 2.30. The highest BCUT2D eigenvalue weighted by Gasteiger charge is 2.17. The molecule has 0 saturated carbocycles. The van der Waals surface area contributed by atoms with Crippen molar-refractivity contribution < 1.29 is 0 Å². The third kappa shape index (κ3) is 4.86. The second kappa shape index (κ2) is 10.1. The van der Waals surface area contributed by atoms with E-state index in [2.05, 4.69) is 68.0 Å². The fourth-order valence-corrected chi connectivity index (χ4v) is 3.93. The first kappa shape index (κ1) is 20.9. The van der Waals surface area contributed by atoms with Crippen molar-refractivity contribution in [3.8, 4) is 22.5 Å². The van der Waals surface area contributed by atoms with E-state index in [0.717, 1.165) is 35.4 Å². The van der Waals surface area contributed by atoms with Crippen molar-refractivity contribution in [2.45, 2.75) is 45.1 Å². The lowest BCUT2D eigenvalue weighted by Crippen LogP contribution is -2.15. The van der Waals surface area contributed by atoms with E-state index in [1.807, 2.05) is 22.9 Å². The SMILES string of the molecule is CCCCC(CCN)c1ncnn1Cc1ccc(-c2ccccc2-c2nn[nH]n2)cc1. The molecule has 2 aromatic carbocycles. The summed E-state index contributed by atoms with van der Waals surface area (Å²) in [6, 6.07) is 16.6. The number of rotatable bonds is 10. The summed E-state index contributed by atoms with van der Waals surface area (Å²) in [5.74, 6) is 1.98. The molecule has 2 heterocycles. The highest BCUT2D eigenvalue weighted by atomic mass is 15.5. The Bertz CT molecular complexity index is 1070. The van der Waals surface area contributed by atoms with Crippen LogP contribution >= 0.6 is 0 Å². The Kier molecular flexibility index (Phi) is 6.78. The molecule has 4 aromatic rings. The molecule has 0 spiro atoms. The van der Waals surface area contributed by atoms with Gasteiger partial charge in [-0.15, -0.1) is 10.2 Å². The molecule has 8 nitrogen and oxygen atoms in total. The number of hydrogen-bond donors (Lipinski definition) is 2. The number of aromatic nitrogens is 7. The molecular formula is C23H28N8. The van der Waals surface area contributed by atoms with E-state index in [9.17, 15) is 0 Å². The van der Waals surface area contributed by atoms with E-state index >= 15 is 0 Å². The molecule has 0 fully saturated rings. The summed E-state index contributed by atoms with van der Waals surface area (Å²) in [5.41, 5.74) is 10.2. The van der Waals surface area contributed by atoms with Crippen LogP contribution in [0.3, 0.4) is 0 Å². The van der Waals surface area contributed by atoms with Gasteiger partial charge in [-0.1, -0.05) is 68.3 Å². The van der Waals surface area contributed by atoms with Crippen LogP contribution in [-0.2, 0) is 6.54 Å². The summed E-state index contributed by atoms with van der Waals surface area (Å²) in [6.45, 7) is 3.56. The van der Waals surface area contributed by atoms with Crippen LogP contribution in [0.5, 0.6) is 0 Å². The number of unbranched alkanes of at least 4 members (excludes halogenated alkanes) is 1. The van der Waals surface area contributed by atoms with Crippen LogP contribution in [0.2, 0.25) is 0 Å². The Balaban J connectivity index is 1.54. The van der Waals surface area contributed by atoms with Gasteiger partial charge in [0, 0.05) is 11.5 Å². The maximum Gasteiger partial charge on any atom is 0.205 e. The molecule has 0 bridgehead atoms. The Hall–Kier alpha value is -3.39. The minimum atomic E-state index is 0.355. The zero-order valence-corrected chi connectivity index (χ0v) is 17.8. The number of tetrazole rings is 1. The molecule has 0 aliphatic carbocycles. The van der Waals surface area contributed by atoms with Gasteiger partial charge in [0.15, 0.2) is 0 Å². The van der Waals surface area contributed by atoms with Crippen molar-refractivity contribution in [2.24, 2.45) is 5.73 Å². The van der Waals surface area contributed by atoms with E-state index in [0.29, 0.717) is 24.8 Å². The van der Waals surface area contributed by atoms with E-state index < -0.39 is 0 Å². The fraction of sp³-hybridized carbons (Fsp3) is 0.348. The highest BCUT2D eigenvalue weighted by molar-refractivity contribution is 5.80. The van der Waals surface area contributed by atoms with E-state index in [1.165, 1.54) is 18.4 Å². The molecule has 31 heavy (non-hydrogen) atoms. The molecule has 0 saturated heterocycles. The van der Waals surface area contributed by atoms with Gasteiger partial charge in [0.05, 0.1) is 6.54 Å². The summed E-state index contributed by atoms with van der Waals surface area (Å²) in [6.07, 6.45) is 6.02. The average Bonchev–Trinajstić information content (AvgIpc) is 3.50. The van der Waals surface area contributed by atoms with Crippen LogP contribution in [0, 0.1) is 0 Å². The zero-order valence-electron chi connectivity index (χ0n) is 17.8. The van der Waals surface area contributed by atoms with Crippen molar-refractivity contribution >= 4 is 0 Å². The summed E-state index contributed by atoms with van der Waals surface area (Å²) < 4.78 is 2.01. The van der Waals surface area contributed by atoms with Gasteiger partial charge in [-0.05, 0) is 41.3 Å². The molecular weight excluding hydrogens is 388 g/mol. The van der Waals surface area contributed by atoms with Crippen LogP contribution in [0.25, 0.3) is 22.5 Å². The average molecular weight is 417 g/mol. The smallest absolute Gasteiger partial charge is 0.205 e. The number of benzene rings is 2. The molecule has 0 radical (unpaired) electrons. The van der Waals surface area contributed by atoms with Crippen molar-refractivity contribution in [2.75, 3.05) is 6.54 Å². The summed E-state index contributed by atoms with van der Waals surface area (Å²) in [5, 5.41) is 19.0. The summed E-state index contributed by atoms with van der Waals surface area (Å²) in [4.78, 5) is 4.56. The number of nitrogens with zero attached hydrogens (tertiary/aromatic N) is 6. The minimum Gasteiger partial charge on any atom is -0.330 e. The Labute approximate surface area is 181 Å². The third-order valence-corrected chi connectivity index (χ3v) is 5.54. The molecule has 1 unspecified atom stereocenters. The van der Waals surface area contributed by atoms with Crippen molar-refractivity contribution in [1.29, 1.82) is 0 Å². The van der Waals surface area contributed by atoms with Crippen LogP contribution in [0.4, 0.5) is 0 Å². The first-order chi connectivity index (χ1) is 15.3. The quantitative estimate of drug-likeness (QED) is 0.407. The van der Waals surface area contributed by atoms with Gasteiger partial charge in [-0.3, -0.25) is 0 Å². The second-order valence-electron chi connectivity index (χ2n) is 7.67. The van der Waals surface area contributed by atoms with Crippen LogP contribution in [-0.4, -0.2) is 41.9 Å². The minimum absolute atomic E-state index is 0.355. The molecule has 3 N–H and O–H groups in total. The zero-order chi connectivity index (χ0) is 21.5. The molecule has 0 aliphatic rings. The first-order valence-electron chi connectivity index (χ1n) is 10.8. The van der Waals surface area contributed by atoms with Crippen LogP contribution in [0.15, 0.2) is 54.9 Å². The van der Waals surface area contributed by atoms with Gasteiger partial charge in [0.2, 0.25) is 5.82 Å². The normalized spacial score (nSPS) is 12.2. The number of nitrogens with one attached hydrogen (secondary N) is 1. The molecule has 160 valence electrons. The fourth-order valence-electron chi connectivity index (χ4n) is 3.93. The van der Waals surface area contributed by atoms with Crippen molar-refractivity contribution in [1.82, 2.24) is 35.4 Å². The third-order valence-electron chi connectivity index (χ3n) is 5.54. The first-order valence-corrected chi connectivity index (χ1v) is 10.8. The lowest BCUT2D eigenvalue weighted by atomic mass is 9.97. The van der Waals surface area contributed by atoms with Gasteiger partial charge in [0.25, 0.3) is 0 Å². The Morgan fingerprint density at radius 3 is 2.55 bits per heavy atom. The summed E-state index contributed by atoms with van der Waals surface area (Å²) in [7, 11) is 0. The lowest BCUT2D eigenvalue weighted by Gasteiger charge is -2.16. The molecule has 2 aromatic heterocycles. The number of H-pyrrole nitrogens is 1. The van der Waals surface area contributed by atoms with Crippen LogP contribution in [0.1, 0.15) is 49.9 Å².